The van der Waals surface area contributed by atoms with E-state index in [4.69, 9.17) is 0 Å². The van der Waals surface area contributed by atoms with Crippen molar-refractivity contribution in [1.29, 1.82) is 0 Å². The molecule has 0 aliphatic carbocycles. The Morgan fingerprint density at radius 3 is 2.17 bits per heavy atom. The number of likely N-dealkylation sites (N-methyl/N-ethyl adjacent to an activating group) is 1. The Bertz CT molecular complexity index is 1600. The van der Waals surface area contributed by atoms with Gasteiger partial charge in [-0.2, -0.15) is 22.6 Å². The lowest BCUT2D eigenvalue weighted by atomic mass is 10.0. The molecular formula is C31H32F3N3O4S. The summed E-state index contributed by atoms with van der Waals surface area (Å²) >= 11 is 0. The molecule has 42 heavy (non-hydrogen) atoms. The van der Waals surface area contributed by atoms with Gasteiger partial charge >= 0.3 is 12.1 Å². The van der Waals surface area contributed by atoms with Gasteiger partial charge in [-0.25, -0.2) is 13.1 Å². The van der Waals surface area contributed by atoms with E-state index in [-0.39, 0.29) is 22.7 Å². The van der Waals surface area contributed by atoms with Crippen LogP contribution in [0.4, 0.5) is 13.2 Å². The number of aryl methyl sites for hydroxylation is 1. The minimum Gasteiger partial charge on any atom is -0.480 e. The predicted molar refractivity (Wildman–Crippen MR) is 154 cm³/mol. The van der Waals surface area contributed by atoms with Crippen LogP contribution in [0.1, 0.15) is 43.0 Å². The van der Waals surface area contributed by atoms with Crippen LogP contribution in [0.25, 0.3) is 16.9 Å². The first-order valence-electron chi connectivity index (χ1n) is 13.5. The van der Waals surface area contributed by atoms with Gasteiger partial charge in [0.25, 0.3) is 0 Å². The number of unbranched alkanes of at least 4 members (excludes halogenated alkanes) is 2. The number of aromatic nitrogens is 2. The Morgan fingerprint density at radius 2 is 1.60 bits per heavy atom. The summed E-state index contributed by atoms with van der Waals surface area (Å²) in [6, 6.07) is 20.7. The third-order valence-corrected chi connectivity index (χ3v) is 8.95. The number of nitrogens with zero attached hydrogens (tertiary/aromatic N) is 3. The van der Waals surface area contributed by atoms with Crippen molar-refractivity contribution < 1.29 is 31.5 Å². The molecule has 1 aromatic heterocycles. The van der Waals surface area contributed by atoms with Crippen molar-refractivity contribution in [2.45, 2.75) is 56.1 Å². The minimum absolute atomic E-state index is 0.0434. The van der Waals surface area contributed by atoms with Crippen LogP contribution in [-0.2, 0) is 33.8 Å². The van der Waals surface area contributed by atoms with E-state index in [2.05, 4.69) is 12.0 Å². The first kappa shape index (κ1) is 31.0. The monoisotopic (exact) mass is 599 g/mol. The number of carbonyl (C=O) groups is 1. The van der Waals surface area contributed by atoms with Gasteiger partial charge in [0.2, 0.25) is 10.0 Å². The molecule has 1 heterocycles. The Kier molecular flexibility index (Phi) is 9.53. The molecule has 0 fully saturated rings. The SMILES string of the molecule is CCCCCc1ccc(-c2cc(C(F)(F)F)nn2-c2ccc(S(=O)(=O)N(C)C(Cc3ccccc3)C(=O)O)cc2)cc1. The van der Waals surface area contributed by atoms with Crippen molar-refractivity contribution in [3.63, 3.8) is 0 Å². The number of halogens is 3. The molecule has 222 valence electrons. The highest BCUT2D eigenvalue weighted by atomic mass is 32.2. The number of hydrogen-bond donors (Lipinski definition) is 1. The van der Waals surface area contributed by atoms with Gasteiger partial charge in [0.05, 0.1) is 16.3 Å². The summed E-state index contributed by atoms with van der Waals surface area (Å²) < 4.78 is 69.6. The fraction of sp³-hybridized carbons (Fsp3) is 0.290. The fourth-order valence-corrected chi connectivity index (χ4v) is 5.96. The third-order valence-electron chi connectivity index (χ3n) is 7.07. The smallest absolute Gasteiger partial charge is 0.435 e. The lowest BCUT2D eigenvalue weighted by Gasteiger charge is -2.24. The van der Waals surface area contributed by atoms with Gasteiger partial charge < -0.3 is 5.11 Å². The van der Waals surface area contributed by atoms with Crippen molar-refractivity contribution >= 4 is 16.0 Å². The largest absolute Gasteiger partial charge is 0.480 e. The van der Waals surface area contributed by atoms with E-state index < -0.39 is 33.9 Å². The molecule has 1 atom stereocenters. The second-order valence-electron chi connectivity index (χ2n) is 10.0. The number of carboxylic acid groups (broad SMARTS) is 1. The molecule has 0 amide bonds. The van der Waals surface area contributed by atoms with E-state index >= 15 is 0 Å². The lowest BCUT2D eigenvalue weighted by Crippen LogP contribution is -2.43. The summed E-state index contributed by atoms with van der Waals surface area (Å²) in [4.78, 5) is 11.8. The molecule has 0 saturated carbocycles. The summed E-state index contributed by atoms with van der Waals surface area (Å²) in [5, 5.41) is 13.6. The number of benzene rings is 3. The van der Waals surface area contributed by atoms with E-state index in [1.54, 1.807) is 42.5 Å². The predicted octanol–water partition coefficient (Wildman–Crippen LogP) is 6.61. The molecule has 0 saturated heterocycles. The van der Waals surface area contributed by atoms with Gasteiger partial charge in [0.1, 0.15) is 6.04 Å². The van der Waals surface area contributed by atoms with Crippen molar-refractivity contribution in [2.24, 2.45) is 0 Å². The maximum absolute atomic E-state index is 13.6. The fourth-order valence-electron chi connectivity index (χ4n) is 4.65. The van der Waals surface area contributed by atoms with E-state index in [0.717, 1.165) is 46.3 Å². The average Bonchev–Trinajstić information content (AvgIpc) is 3.43. The second-order valence-corrected chi connectivity index (χ2v) is 12.0. The molecule has 1 N–H and O–H groups in total. The molecule has 0 radical (unpaired) electrons. The third kappa shape index (κ3) is 7.08. The number of sulfonamides is 1. The van der Waals surface area contributed by atoms with Crippen molar-refractivity contribution in [3.05, 3.63) is 102 Å². The normalized spacial score (nSPS) is 12.9. The van der Waals surface area contributed by atoms with Gasteiger partial charge in [-0.15, -0.1) is 0 Å². The van der Waals surface area contributed by atoms with Crippen LogP contribution in [0.3, 0.4) is 0 Å². The first-order chi connectivity index (χ1) is 19.9. The maximum Gasteiger partial charge on any atom is 0.435 e. The standard InChI is InChI=1S/C31H32F3N3O4S/c1-3-4-6-9-22-12-14-24(15-13-22)27-21-29(31(32,33)34)35-37(27)25-16-18-26(19-17-25)42(40,41)36(2)28(30(38)39)20-23-10-7-5-8-11-23/h5,7-8,10-19,21,28H,3-4,6,9,20H2,1-2H3,(H,38,39). The Balaban J connectivity index is 1.64. The Hall–Kier alpha value is -3.96. The zero-order valence-electron chi connectivity index (χ0n) is 23.3. The zero-order valence-corrected chi connectivity index (χ0v) is 24.1. The van der Waals surface area contributed by atoms with E-state index in [0.29, 0.717) is 11.1 Å². The van der Waals surface area contributed by atoms with Crippen molar-refractivity contribution in [1.82, 2.24) is 14.1 Å². The van der Waals surface area contributed by atoms with Crippen LogP contribution in [-0.4, -0.2) is 46.7 Å². The number of aliphatic carboxylic acids is 1. The van der Waals surface area contributed by atoms with Crippen molar-refractivity contribution in [3.8, 4) is 16.9 Å². The highest BCUT2D eigenvalue weighted by Crippen LogP contribution is 2.34. The number of rotatable bonds is 12. The molecule has 11 heteroatoms. The molecule has 0 spiro atoms. The molecule has 0 bridgehead atoms. The van der Waals surface area contributed by atoms with Crippen LogP contribution in [0, 0.1) is 0 Å². The molecule has 3 aromatic carbocycles. The summed E-state index contributed by atoms with van der Waals surface area (Å²) in [5.74, 6) is -1.31. The topological polar surface area (TPSA) is 92.5 Å². The molecular weight excluding hydrogens is 567 g/mol. The van der Waals surface area contributed by atoms with Gasteiger partial charge in [-0.1, -0.05) is 74.4 Å². The molecule has 1 unspecified atom stereocenters. The Morgan fingerprint density at radius 1 is 0.952 bits per heavy atom. The quantitative estimate of drug-likeness (QED) is 0.185. The summed E-state index contributed by atoms with van der Waals surface area (Å²) in [6.45, 7) is 2.11. The lowest BCUT2D eigenvalue weighted by molar-refractivity contribution is -0.142. The van der Waals surface area contributed by atoms with Crippen LogP contribution in [0.5, 0.6) is 0 Å². The number of alkyl halides is 3. The van der Waals surface area contributed by atoms with Crippen LogP contribution < -0.4 is 0 Å². The molecule has 4 rings (SSSR count). The molecule has 0 aliphatic heterocycles. The number of hydrogen-bond acceptors (Lipinski definition) is 4. The maximum atomic E-state index is 13.6. The van der Waals surface area contributed by atoms with E-state index in [1.165, 1.54) is 31.3 Å². The van der Waals surface area contributed by atoms with Crippen LogP contribution in [0.2, 0.25) is 0 Å². The summed E-state index contributed by atoms with van der Waals surface area (Å²) in [7, 11) is -3.06. The van der Waals surface area contributed by atoms with Gasteiger partial charge in [0, 0.05) is 12.6 Å². The highest BCUT2D eigenvalue weighted by Gasteiger charge is 2.36. The van der Waals surface area contributed by atoms with Crippen LogP contribution in [0.15, 0.2) is 89.8 Å². The van der Waals surface area contributed by atoms with E-state index in [1.807, 2.05) is 12.1 Å². The number of carboxylic acids is 1. The van der Waals surface area contributed by atoms with Crippen LogP contribution >= 0.6 is 0 Å². The second kappa shape index (κ2) is 12.9. The first-order valence-corrected chi connectivity index (χ1v) is 15.0. The van der Waals surface area contributed by atoms with Gasteiger partial charge in [0.15, 0.2) is 5.69 Å². The summed E-state index contributed by atoms with van der Waals surface area (Å²) in [6.07, 6.45) is -0.652. The average molecular weight is 600 g/mol. The summed E-state index contributed by atoms with van der Waals surface area (Å²) in [5.41, 5.74) is 1.60. The van der Waals surface area contributed by atoms with Gasteiger partial charge in [-0.05, 0) is 60.7 Å². The Labute approximate surface area is 243 Å². The van der Waals surface area contributed by atoms with E-state index in [9.17, 15) is 31.5 Å². The molecule has 7 nitrogen and oxygen atoms in total. The zero-order chi connectivity index (χ0) is 30.5. The van der Waals surface area contributed by atoms with Crippen molar-refractivity contribution in [2.75, 3.05) is 7.05 Å². The minimum atomic E-state index is -4.68. The molecule has 4 aromatic rings. The molecule has 0 aliphatic rings. The highest BCUT2D eigenvalue weighted by molar-refractivity contribution is 7.89. The van der Waals surface area contributed by atoms with Gasteiger partial charge in [-0.3, -0.25) is 4.79 Å².